The maximum absolute atomic E-state index is 14.3. The number of nitrogens with one attached hydrogen (secondary N) is 3. The van der Waals surface area contributed by atoms with Gasteiger partial charge in [0.05, 0.1) is 31.5 Å². The number of anilines is 1. The molecular weight excluding hydrogens is 631 g/mol. The van der Waals surface area contributed by atoms with E-state index < -0.39 is 24.8 Å². The average molecular weight is 675 g/mol. The van der Waals surface area contributed by atoms with Gasteiger partial charge in [0.25, 0.3) is 0 Å². The number of aromatic nitrogens is 4. The van der Waals surface area contributed by atoms with Crippen molar-refractivity contribution >= 4 is 34.5 Å². The number of carbonyl (C=O) groups is 3. The number of oxazole rings is 1. The van der Waals surface area contributed by atoms with Gasteiger partial charge in [-0.2, -0.15) is 0 Å². The van der Waals surface area contributed by atoms with Crippen LogP contribution in [0.1, 0.15) is 49.4 Å². The van der Waals surface area contributed by atoms with Crippen molar-refractivity contribution in [2.24, 2.45) is 5.92 Å². The first-order chi connectivity index (χ1) is 23.9. The summed E-state index contributed by atoms with van der Waals surface area (Å²) in [6.07, 6.45) is 4.07. The summed E-state index contributed by atoms with van der Waals surface area (Å²) in [6.45, 7) is 4.61. The Balaban J connectivity index is 1.21. The third-order valence-corrected chi connectivity index (χ3v) is 9.48. The van der Waals surface area contributed by atoms with E-state index in [-0.39, 0.29) is 43.4 Å². The van der Waals surface area contributed by atoms with Gasteiger partial charge in [0, 0.05) is 32.1 Å². The van der Waals surface area contributed by atoms with Gasteiger partial charge in [-0.3, -0.25) is 29.3 Å². The molecule has 13 nitrogen and oxygen atoms in total. The number of alkyl halides is 1. The van der Waals surface area contributed by atoms with Gasteiger partial charge < -0.3 is 19.8 Å². The third-order valence-electron chi connectivity index (χ3n) is 9.48. The Labute approximate surface area is 283 Å². The number of carbonyl (C=O) groups excluding carboxylic acids is 3. The molecule has 2 aromatic heterocycles. The molecule has 6 rings (SSSR count). The second-order valence-electron chi connectivity index (χ2n) is 12.6. The molecule has 0 spiro atoms. The fraction of sp³-hybridized carbons (Fsp3) is 0.486. The van der Waals surface area contributed by atoms with E-state index in [1.807, 2.05) is 61.2 Å². The molecule has 2 aromatic carbocycles. The van der Waals surface area contributed by atoms with Gasteiger partial charge in [-0.15, -0.1) is 5.10 Å². The molecule has 0 radical (unpaired) electrons. The number of amides is 3. The number of ether oxygens (including phenoxy) is 1. The Morgan fingerprint density at radius 3 is 2.78 bits per heavy atom. The van der Waals surface area contributed by atoms with Crippen LogP contribution in [0.2, 0.25) is 0 Å². The van der Waals surface area contributed by atoms with E-state index in [1.54, 1.807) is 11.1 Å². The maximum atomic E-state index is 14.3. The first-order valence-corrected chi connectivity index (χ1v) is 17.0. The average Bonchev–Trinajstić information content (AvgIpc) is 3.86. The lowest BCUT2D eigenvalue weighted by Crippen LogP contribution is -2.58. The van der Waals surface area contributed by atoms with Gasteiger partial charge in [0.15, 0.2) is 11.5 Å². The smallest absolute Gasteiger partial charge is 0.250 e. The van der Waals surface area contributed by atoms with Gasteiger partial charge in [0.2, 0.25) is 17.7 Å². The van der Waals surface area contributed by atoms with Crippen LogP contribution in [0.15, 0.2) is 53.1 Å². The summed E-state index contributed by atoms with van der Waals surface area (Å²) in [5, 5.41) is 16.2. The van der Waals surface area contributed by atoms with E-state index in [0.717, 1.165) is 22.3 Å². The van der Waals surface area contributed by atoms with Gasteiger partial charge >= 0.3 is 0 Å². The number of para-hydroxylation sites is 3. The summed E-state index contributed by atoms with van der Waals surface area (Å²) in [5.41, 5.74) is 4.68. The standard InChI is InChI=1S/C35H43FN8O5/c1-3-22(2)31(43(16-18-48-17-14-36)15-13-30-39-26-9-4-5-10-29(26)49-30)34(46)40-27-12-11-23-7-6-8-24-19-28(44(32(23)24)35(27)47)33(45)37-20-25-21-38-42-41-25/h4-10,21-22,27-28,31H,3,11-20H2,1-2H3,(H,37,45)(H,40,46)(H,38,41,42)/t22-,27-,28-,31-/m0/s1. The lowest BCUT2D eigenvalue weighted by Gasteiger charge is -2.35. The highest BCUT2D eigenvalue weighted by Crippen LogP contribution is 2.39. The molecule has 260 valence electrons. The molecular formula is C35H43FN8O5. The van der Waals surface area contributed by atoms with E-state index in [1.165, 1.54) is 0 Å². The van der Waals surface area contributed by atoms with E-state index in [0.29, 0.717) is 62.4 Å². The Hall–Kier alpha value is -4.69. The van der Waals surface area contributed by atoms with Crippen LogP contribution >= 0.6 is 0 Å². The van der Waals surface area contributed by atoms with Crippen LogP contribution in [0, 0.1) is 5.92 Å². The largest absolute Gasteiger partial charge is 0.441 e. The number of aromatic amines is 1. The maximum Gasteiger partial charge on any atom is 0.250 e. The first-order valence-electron chi connectivity index (χ1n) is 17.0. The zero-order valence-electron chi connectivity index (χ0n) is 27.9. The number of hydrogen-bond acceptors (Lipinski definition) is 9. The molecule has 0 unspecified atom stereocenters. The van der Waals surface area contributed by atoms with Crippen LogP contribution in [0.25, 0.3) is 11.1 Å². The zero-order chi connectivity index (χ0) is 34.3. The summed E-state index contributed by atoms with van der Waals surface area (Å²) in [7, 11) is 0. The molecule has 2 aliphatic heterocycles. The van der Waals surface area contributed by atoms with Crippen LogP contribution < -0.4 is 15.5 Å². The van der Waals surface area contributed by atoms with Crippen LogP contribution in [0.5, 0.6) is 0 Å². The van der Waals surface area contributed by atoms with E-state index in [9.17, 15) is 18.8 Å². The van der Waals surface area contributed by atoms with E-state index >= 15 is 0 Å². The number of H-pyrrole nitrogens is 1. The van der Waals surface area contributed by atoms with Crippen molar-refractivity contribution in [2.75, 3.05) is 37.9 Å². The molecule has 49 heavy (non-hydrogen) atoms. The summed E-state index contributed by atoms with van der Waals surface area (Å²) in [5.74, 6) is -0.439. The molecule has 3 N–H and O–H groups in total. The molecule has 4 heterocycles. The lowest BCUT2D eigenvalue weighted by molar-refractivity contribution is -0.133. The number of fused-ring (bicyclic) bond motifs is 1. The second-order valence-corrected chi connectivity index (χ2v) is 12.6. The van der Waals surface area contributed by atoms with Crippen molar-refractivity contribution in [2.45, 2.75) is 70.6 Å². The second kappa shape index (κ2) is 15.7. The molecule has 14 heteroatoms. The highest BCUT2D eigenvalue weighted by atomic mass is 19.1. The van der Waals surface area contributed by atoms with Crippen LogP contribution in [0.3, 0.4) is 0 Å². The predicted molar refractivity (Wildman–Crippen MR) is 179 cm³/mol. The summed E-state index contributed by atoms with van der Waals surface area (Å²) >= 11 is 0. The molecule has 0 bridgehead atoms. The lowest BCUT2D eigenvalue weighted by atomic mass is 9.95. The fourth-order valence-corrected chi connectivity index (χ4v) is 6.84. The number of nitrogens with zero attached hydrogens (tertiary/aromatic N) is 5. The zero-order valence-corrected chi connectivity index (χ0v) is 27.9. The monoisotopic (exact) mass is 674 g/mol. The van der Waals surface area contributed by atoms with Gasteiger partial charge in [-0.1, -0.05) is 55.8 Å². The van der Waals surface area contributed by atoms with Crippen LogP contribution in [0.4, 0.5) is 10.1 Å². The van der Waals surface area contributed by atoms with Crippen molar-refractivity contribution in [1.29, 1.82) is 0 Å². The minimum Gasteiger partial charge on any atom is -0.441 e. The summed E-state index contributed by atoms with van der Waals surface area (Å²) in [6, 6.07) is 11.2. The molecule has 0 saturated carbocycles. The molecule has 0 fully saturated rings. The van der Waals surface area contributed by atoms with Crippen molar-refractivity contribution < 1.29 is 27.9 Å². The van der Waals surface area contributed by atoms with Crippen molar-refractivity contribution in [3.05, 3.63) is 71.4 Å². The molecule has 3 amide bonds. The fourth-order valence-electron chi connectivity index (χ4n) is 6.84. The SMILES string of the molecule is CC[C@H](C)[C@@H](C(=O)N[C@H]1CCc2cccc3c2N(C1=O)[C@H](C(=O)NCc1c[nH]nn1)C3)N(CCOCCF)CCc1nc2ccccc2o1. The normalized spacial score (nSPS) is 18.4. The quantitative estimate of drug-likeness (QED) is 0.152. The molecule has 4 aromatic rings. The number of halogens is 1. The number of benzene rings is 2. The molecule has 4 atom stereocenters. The van der Waals surface area contributed by atoms with Gasteiger partial charge in [0.1, 0.15) is 30.0 Å². The van der Waals surface area contributed by atoms with Crippen molar-refractivity contribution in [1.82, 2.24) is 35.9 Å². The highest BCUT2D eigenvalue weighted by molar-refractivity contribution is 6.08. The van der Waals surface area contributed by atoms with E-state index in [4.69, 9.17) is 9.15 Å². The van der Waals surface area contributed by atoms with Crippen LogP contribution in [-0.4, -0.2) is 94.1 Å². The third kappa shape index (κ3) is 7.65. The topological polar surface area (TPSA) is 159 Å². The predicted octanol–water partition coefficient (Wildman–Crippen LogP) is 2.90. The van der Waals surface area contributed by atoms with Crippen molar-refractivity contribution in [3.8, 4) is 0 Å². The first kappa shape index (κ1) is 34.2. The molecule has 2 aliphatic rings. The number of rotatable bonds is 16. The van der Waals surface area contributed by atoms with Gasteiger partial charge in [-0.05, 0) is 42.0 Å². The van der Waals surface area contributed by atoms with E-state index in [2.05, 4.69) is 31.0 Å². The summed E-state index contributed by atoms with van der Waals surface area (Å²) in [4.78, 5) is 50.4. The van der Waals surface area contributed by atoms with Gasteiger partial charge in [-0.25, -0.2) is 9.37 Å². The minimum absolute atomic E-state index is 0.0263. The molecule has 0 aliphatic carbocycles. The highest BCUT2D eigenvalue weighted by Gasteiger charge is 2.44. The minimum atomic E-state index is -0.843. The Morgan fingerprint density at radius 2 is 2.00 bits per heavy atom. The molecule has 0 saturated heterocycles. The summed E-state index contributed by atoms with van der Waals surface area (Å²) < 4.78 is 24.3. The Bertz CT molecular complexity index is 1710. The Kier molecular flexibility index (Phi) is 10.9. The number of hydrogen-bond donors (Lipinski definition) is 3. The Morgan fingerprint density at radius 1 is 1.16 bits per heavy atom. The van der Waals surface area contributed by atoms with Crippen LogP contribution in [-0.2, 0) is 44.9 Å². The van der Waals surface area contributed by atoms with Crippen molar-refractivity contribution in [3.63, 3.8) is 0 Å². The number of aryl methyl sites for hydroxylation is 1.